The molecule has 0 amide bonds. The van der Waals surface area contributed by atoms with Crippen LogP contribution in [-0.2, 0) is 10.2 Å². The van der Waals surface area contributed by atoms with Crippen molar-refractivity contribution in [2.75, 3.05) is 4.72 Å². The fraction of sp³-hybridized carbons (Fsp3) is 0.333. The van der Waals surface area contributed by atoms with Crippen molar-refractivity contribution in [2.24, 2.45) is 0 Å². The molecule has 0 heterocycles. The van der Waals surface area contributed by atoms with Gasteiger partial charge >= 0.3 is 0 Å². The van der Waals surface area contributed by atoms with E-state index >= 15 is 0 Å². The quantitative estimate of drug-likeness (QED) is 0.810. The van der Waals surface area contributed by atoms with Gasteiger partial charge in [0.25, 0.3) is 10.2 Å². The molecule has 1 aromatic rings. The molecule has 0 atom stereocenters. The molecule has 1 rings (SSSR count). The first-order valence-corrected chi connectivity index (χ1v) is 7.11. The molecule has 0 unspecified atom stereocenters. The molecule has 0 bridgehead atoms. The number of anilines is 1. The predicted molar refractivity (Wildman–Crippen MR) is 69.9 cm³/mol. The minimum absolute atomic E-state index is 0.199. The molecule has 0 radical (unpaired) electrons. The van der Waals surface area contributed by atoms with Crippen LogP contribution in [0, 0.1) is 9.39 Å². The van der Waals surface area contributed by atoms with Gasteiger partial charge in [0.05, 0.1) is 5.69 Å². The Hall–Kier alpha value is -0.410. The highest BCUT2D eigenvalue weighted by Crippen LogP contribution is 2.19. The van der Waals surface area contributed by atoms with Gasteiger partial charge in [-0.3, -0.25) is 4.72 Å². The molecule has 90 valence electrons. The van der Waals surface area contributed by atoms with Crippen molar-refractivity contribution in [2.45, 2.75) is 19.9 Å². The second-order valence-electron chi connectivity index (χ2n) is 3.50. The van der Waals surface area contributed by atoms with Crippen LogP contribution in [0.5, 0.6) is 0 Å². The molecule has 0 aliphatic rings. The Morgan fingerprint density at radius 3 is 2.50 bits per heavy atom. The number of nitrogens with one attached hydrogen (secondary N) is 2. The molecule has 7 heteroatoms. The number of rotatable bonds is 4. The Bertz CT molecular complexity index is 476. The summed E-state index contributed by atoms with van der Waals surface area (Å²) in [5.41, 5.74) is 0.357. The van der Waals surface area contributed by atoms with Gasteiger partial charge in [-0.2, -0.15) is 13.1 Å². The SMILES string of the molecule is CC(C)NS(=O)(=O)Nc1ccc(F)cc1I. The molecule has 0 fully saturated rings. The second-order valence-corrected chi connectivity index (χ2v) is 6.11. The minimum Gasteiger partial charge on any atom is -0.270 e. The van der Waals surface area contributed by atoms with Crippen molar-refractivity contribution >= 4 is 38.5 Å². The zero-order valence-electron chi connectivity index (χ0n) is 8.79. The first-order chi connectivity index (χ1) is 7.30. The van der Waals surface area contributed by atoms with Gasteiger partial charge in [0, 0.05) is 9.61 Å². The largest absolute Gasteiger partial charge is 0.299 e. The number of benzene rings is 1. The third kappa shape index (κ3) is 4.22. The van der Waals surface area contributed by atoms with Gasteiger partial charge in [-0.1, -0.05) is 0 Å². The van der Waals surface area contributed by atoms with Crippen LogP contribution in [0.15, 0.2) is 18.2 Å². The van der Waals surface area contributed by atoms with Gasteiger partial charge in [-0.25, -0.2) is 4.39 Å². The standard InChI is InChI=1S/C9H12FIN2O2S/c1-6(2)12-16(14,15)13-9-4-3-7(10)5-8(9)11/h3-6,12-13H,1-2H3. The van der Waals surface area contributed by atoms with Gasteiger partial charge in [-0.15, -0.1) is 0 Å². The second kappa shape index (κ2) is 5.28. The first kappa shape index (κ1) is 13.7. The molecular weight excluding hydrogens is 346 g/mol. The lowest BCUT2D eigenvalue weighted by Gasteiger charge is -2.12. The maximum absolute atomic E-state index is 12.8. The molecule has 0 spiro atoms. The van der Waals surface area contributed by atoms with Crippen LogP contribution in [0.2, 0.25) is 0 Å². The number of hydrogen-bond donors (Lipinski definition) is 2. The fourth-order valence-electron chi connectivity index (χ4n) is 1.06. The molecule has 1 aromatic carbocycles. The van der Waals surface area contributed by atoms with Gasteiger partial charge in [0.1, 0.15) is 5.82 Å². The van der Waals surface area contributed by atoms with E-state index in [9.17, 15) is 12.8 Å². The maximum atomic E-state index is 12.8. The maximum Gasteiger partial charge on any atom is 0.299 e. The van der Waals surface area contributed by atoms with E-state index in [1.54, 1.807) is 13.8 Å². The lowest BCUT2D eigenvalue weighted by Crippen LogP contribution is -2.35. The summed E-state index contributed by atoms with van der Waals surface area (Å²) in [4.78, 5) is 0. The summed E-state index contributed by atoms with van der Waals surface area (Å²) in [5, 5.41) is 0. The van der Waals surface area contributed by atoms with Crippen molar-refractivity contribution in [3.05, 3.63) is 27.6 Å². The van der Waals surface area contributed by atoms with Crippen LogP contribution in [0.1, 0.15) is 13.8 Å². The summed E-state index contributed by atoms with van der Waals surface area (Å²) in [6.45, 7) is 3.43. The topological polar surface area (TPSA) is 58.2 Å². The predicted octanol–water partition coefficient (Wildman–Crippen LogP) is 2.08. The molecule has 0 saturated carbocycles. The van der Waals surface area contributed by atoms with E-state index in [0.717, 1.165) is 0 Å². The third-order valence-electron chi connectivity index (χ3n) is 1.57. The van der Waals surface area contributed by atoms with Crippen molar-refractivity contribution in [1.29, 1.82) is 0 Å². The third-order valence-corrected chi connectivity index (χ3v) is 3.73. The van der Waals surface area contributed by atoms with Gasteiger partial charge < -0.3 is 0 Å². The summed E-state index contributed by atoms with van der Waals surface area (Å²) >= 11 is 1.86. The summed E-state index contributed by atoms with van der Waals surface area (Å²) in [6.07, 6.45) is 0. The van der Waals surface area contributed by atoms with Crippen LogP contribution in [0.3, 0.4) is 0 Å². The van der Waals surface area contributed by atoms with Crippen LogP contribution >= 0.6 is 22.6 Å². The molecule has 0 aromatic heterocycles. The van der Waals surface area contributed by atoms with E-state index in [0.29, 0.717) is 9.26 Å². The van der Waals surface area contributed by atoms with E-state index in [4.69, 9.17) is 0 Å². The molecule has 4 nitrogen and oxygen atoms in total. The Morgan fingerprint density at radius 1 is 1.38 bits per heavy atom. The summed E-state index contributed by atoms with van der Waals surface area (Å²) in [6, 6.07) is 3.65. The van der Waals surface area contributed by atoms with E-state index in [1.807, 2.05) is 22.6 Å². The lowest BCUT2D eigenvalue weighted by molar-refractivity contribution is 0.575. The summed E-state index contributed by atoms with van der Waals surface area (Å²) < 4.78 is 41.1. The Morgan fingerprint density at radius 2 is 2.00 bits per heavy atom. The van der Waals surface area contributed by atoms with Gasteiger partial charge in [-0.05, 0) is 54.6 Å². The smallest absolute Gasteiger partial charge is 0.270 e. The zero-order chi connectivity index (χ0) is 12.3. The van der Waals surface area contributed by atoms with Crippen molar-refractivity contribution in [3.63, 3.8) is 0 Å². The van der Waals surface area contributed by atoms with E-state index in [-0.39, 0.29) is 6.04 Å². The van der Waals surface area contributed by atoms with E-state index in [2.05, 4.69) is 9.44 Å². The van der Waals surface area contributed by atoms with E-state index in [1.165, 1.54) is 18.2 Å². The number of halogens is 2. The monoisotopic (exact) mass is 358 g/mol. The summed E-state index contributed by atoms with van der Waals surface area (Å²) in [5.74, 6) is -0.399. The van der Waals surface area contributed by atoms with Crippen molar-refractivity contribution in [3.8, 4) is 0 Å². The highest BCUT2D eigenvalue weighted by molar-refractivity contribution is 14.1. The van der Waals surface area contributed by atoms with Crippen LogP contribution in [0.25, 0.3) is 0 Å². The van der Waals surface area contributed by atoms with Gasteiger partial charge in [0.2, 0.25) is 0 Å². The molecule has 0 aliphatic heterocycles. The average molecular weight is 358 g/mol. The number of hydrogen-bond acceptors (Lipinski definition) is 2. The van der Waals surface area contributed by atoms with Gasteiger partial charge in [0.15, 0.2) is 0 Å². The lowest BCUT2D eigenvalue weighted by atomic mass is 10.3. The Kier molecular flexibility index (Phi) is 4.51. The zero-order valence-corrected chi connectivity index (χ0v) is 11.8. The van der Waals surface area contributed by atoms with Crippen LogP contribution < -0.4 is 9.44 Å². The van der Waals surface area contributed by atoms with Crippen molar-refractivity contribution in [1.82, 2.24) is 4.72 Å². The minimum atomic E-state index is -3.60. The van der Waals surface area contributed by atoms with Crippen LogP contribution in [0.4, 0.5) is 10.1 Å². The Labute approximate surface area is 108 Å². The fourth-order valence-corrected chi connectivity index (χ4v) is 3.00. The first-order valence-electron chi connectivity index (χ1n) is 4.55. The highest BCUT2D eigenvalue weighted by Gasteiger charge is 2.13. The highest BCUT2D eigenvalue weighted by atomic mass is 127. The van der Waals surface area contributed by atoms with E-state index < -0.39 is 16.0 Å². The summed E-state index contributed by atoms with van der Waals surface area (Å²) in [7, 11) is -3.60. The molecule has 16 heavy (non-hydrogen) atoms. The normalized spacial score (nSPS) is 11.8. The molecule has 0 aliphatic carbocycles. The molecular formula is C9H12FIN2O2S. The Balaban J connectivity index is 2.88. The molecule has 0 saturated heterocycles. The van der Waals surface area contributed by atoms with Crippen LogP contribution in [-0.4, -0.2) is 14.5 Å². The molecule has 2 N–H and O–H groups in total. The van der Waals surface area contributed by atoms with Crippen molar-refractivity contribution < 1.29 is 12.8 Å². The average Bonchev–Trinajstić information content (AvgIpc) is 2.07.